The number of nitrogens with one attached hydrogen (secondary N) is 1. The molecule has 0 spiro atoms. The summed E-state index contributed by atoms with van der Waals surface area (Å²) >= 11 is 0. The first-order valence-electron chi connectivity index (χ1n) is 5.32. The zero-order valence-electron chi connectivity index (χ0n) is 9.86. The Kier molecular flexibility index (Phi) is 2.90. The predicted molar refractivity (Wildman–Crippen MR) is 64.2 cm³/mol. The normalized spacial score (nSPS) is 10.4. The van der Waals surface area contributed by atoms with E-state index < -0.39 is 0 Å². The lowest BCUT2D eigenvalue weighted by Crippen LogP contribution is -2.03. The van der Waals surface area contributed by atoms with Crippen molar-refractivity contribution in [1.82, 2.24) is 14.8 Å². The Morgan fingerprint density at radius 2 is 2.12 bits per heavy atom. The molecule has 0 atom stereocenters. The second-order valence-electron chi connectivity index (χ2n) is 3.84. The van der Waals surface area contributed by atoms with E-state index in [2.05, 4.69) is 22.3 Å². The summed E-state index contributed by atoms with van der Waals surface area (Å²) in [4.78, 5) is 4.27. The fourth-order valence-corrected chi connectivity index (χ4v) is 1.71. The van der Waals surface area contributed by atoms with E-state index in [9.17, 15) is 0 Å². The van der Waals surface area contributed by atoms with Crippen molar-refractivity contribution in [3.05, 3.63) is 41.5 Å². The minimum absolute atomic E-state index is 0.730. The average molecular weight is 216 g/mol. The minimum atomic E-state index is 0.730. The van der Waals surface area contributed by atoms with Gasteiger partial charge < -0.3 is 5.32 Å². The number of rotatable bonds is 3. The molecule has 84 valence electrons. The molecule has 0 aromatic carbocycles. The van der Waals surface area contributed by atoms with Crippen molar-refractivity contribution in [3.63, 3.8) is 0 Å². The maximum atomic E-state index is 4.36. The van der Waals surface area contributed by atoms with Crippen molar-refractivity contribution in [1.29, 1.82) is 0 Å². The van der Waals surface area contributed by atoms with Gasteiger partial charge in [-0.25, -0.2) is 0 Å². The number of hydrogen-bond donors (Lipinski definition) is 1. The zero-order chi connectivity index (χ0) is 11.5. The van der Waals surface area contributed by atoms with Crippen molar-refractivity contribution in [3.8, 4) is 0 Å². The van der Waals surface area contributed by atoms with Gasteiger partial charge in [0.15, 0.2) is 0 Å². The Morgan fingerprint density at radius 3 is 2.69 bits per heavy atom. The Labute approximate surface area is 95.3 Å². The van der Waals surface area contributed by atoms with Gasteiger partial charge in [-0.3, -0.25) is 9.67 Å². The molecule has 0 saturated carbocycles. The third-order valence-corrected chi connectivity index (χ3v) is 2.68. The summed E-state index contributed by atoms with van der Waals surface area (Å²) in [6, 6.07) is 5.92. The van der Waals surface area contributed by atoms with Crippen LogP contribution < -0.4 is 5.32 Å². The molecule has 0 aliphatic rings. The standard InChI is InChI=1S/C12H16N4/c1-9-12(10(2)16(3)15-9)14-8-11-6-4-5-7-13-11/h4-7,14H,8H2,1-3H3. The van der Waals surface area contributed by atoms with E-state index in [4.69, 9.17) is 0 Å². The van der Waals surface area contributed by atoms with Crippen LogP contribution in [0.2, 0.25) is 0 Å². The Morgan fingerprint density at radius 1 is 1.31 bits per heavy atom. The molecule has 4 nitrogen and oxygen atoms in total. The molecule has 0 aliphatic heterocycles. The van der Waals surface area contributed by atoms with Crippen LogP contribution in [-0.4, -0.2) is 14.8 Å². The lowest BCUT2D eigenvalue weighted by molar-refractivity contribution is 0.731. The monoisotopic (exact) mass is 216 g/mol. The van der Waals surface area contributed by atoms with Crippen molar-refractivity contribution in [2.45, 2.75) is 20.4 Å². The third-order valence-electron chi connectivity index (χ3n) is 2.68. The zero-order valence-corrected chi connectivity index (χ0v) is 9.86. The van der Waals surface area contributed by atoms with Crippen LogP contribution in [-0.2, 0) is 13.6 Å². The second-order valence-corrected chi connectivity index (χ2v) is 3.84. The molecular weight excluding hydrogens is 200 g/mol. The minimum Gasteiger partial charge on any atom is -0.376 e. The molecule has 2 rings (SSSR count). The van der Waals surface area contributed by atoms with Crippen LogP contribution in [0, 0.1) is 13.8 Å². The molecule has 2 heterocycles. The second kappa shape index (κ2) is 4.35. The third kappa shape index (κ3) is 2.05. The lowest BCUT2D eigenvalue weighted by atomic mass is 10.3. The van der Waals surface area contributed by atoms with Crippen molar-refractivity contribution >= 4 is 5.69 Å². The Bertz CT molecular complexity index is 473. The van der Waals surface area contributed by atoms with Crippen molar-refractivity contribution < 1.29 is 0 Å². The molecule has 0 radical (unpaired) electrons. The van der Waals surface area contributed by atoms with Crippen LogP contribution in [0.5, 0.6) is 0 Å². The van der Waals surface area contributed by atoms with Crippen LogP contribution in [0.15, 0.2) is 24.4 Å². The summed E-state index contributed by atoms with van der Waals surface area (Å²) in [6.45, 7) is 4.79. The van der Waals surface area contributed by atoms with Gasteiger partial charge in [-0.2, -0.15) is 5.10 Å². The maximum absolute atomic E-state index is 4.36. The topological polar surface area (TPSA) is 42.7 Å². The van der Waals surface area contributed by atoms with Gasteiger partial charge in [0, 0.05) is 13.2 Å². The fraction of sp³-hybridized carbons (Fsp3) is 0.333. The highest BCUT2D eigenvalue weighted by atomic mass is 15.3. The molecule has 0 aliphatic carbocycles. The number of nitrogens with zero attached hydrogens (tertiary/aromatic N) is 3. The van der Waals surface area contributed by atoms with Gasteiger partial charge in [0.2, 0.25) is 0 Å². The van der Waals surface area contributed by atoms with Gasteiger partial charge in [0.05, 0.1) is 29.3 Å². The van der Waals surface area contributed by atoms with Gasteiger partial charge in [0.1, 0.15) is 0 Å². The largest absolute Gasteiger partial charge is 0.376 e. The molecule has 0 fully saturated rings. The van der Waals surface area contributed by atoms with E-state index in [1.807, 2.05) is 36.9 Å². The smallest absolute Gasteiger partial charge is 0.0827 e. The summed E-state index contributed by atoms with van der Waals surface area (Å²) in [5.41, 5.74) is 4.31. The van der Waals surface area contributed by atoms with Gasteiger partial charge >= 0.3 is 0 Å². The highest BCUT2D eigenvalue weighted by Gasteiger charge is 2.08. The molecule has 2 aromatic rings. The van der Waals surface area contributed by atoms with E-state index in [0.29, 0.717) is 0 Å². The van der Waals surface area contributed by atoms with E-state index in [1.165, 1.54) is 0 Å². The molecule has 0 amide bonds. The van der Waals surface area contributed by atoms with E-state index in [1.54, 1.807) is 6.20 Å². The molecule has 2 aromatic heterocycles. The van der Waals surface area contributed by atoms with Gasteiger partial charge in [-0.15, -0.1) is 0 Å². The molecule has 0 unspecified atom stereocenters. The SMILES string of the molecule is Cc1nn(C)c(C)c1NCc1ccccn1. The molecule has 0 bridgehead atoms. The summed E-state index contributed by atoms with van der Waals surface area (Å²) < 4.78 is 1.89. The first kappa shape index (κ1) is 10.7. The van der Waals surface area contributed by atoms with E-state index in [0.717, 1.165) is 29.3 Å². The summed E-state index contributed by atoms with van der Waals surface area (Å²) in [5.74, 6) is 0. The van der Waals surface area contributed by atoms with Gasteiger partial charge in [-0.1, -0.05) is 6.07 Å². The summed E-state index contributed by atoms with van der Waals surface area (Å²) in [7, 11) is 1.95. The van der Waals surface area contributed by atoms with Crippen LogP contribution >= 0.6 is 0 Å². The molecule has 1 N–H and O–H groups in total. The number of hydrogen-bond acceptors (Lipinski definition) is 3. The molecule has 4 heteroatoms. The van der Waals surface area contributed by atoms with Crippen LogP contribution in [0.4, 0.5) is 5.69 Å². The maximum Gasteiger partial charge on any atom is 0.0827 e. The average Bonchev–Trinajstić information content (AvgIpc) is 2.53. The molecule has 0 saturated heterocycles. The number of pyridine rings is 1. The van der Waals surface area contributed by atoms with Gasteiger partial charge in [0.25, 0.3) is 0 Å². The Hall–Kier alpha value is -1.84. The van der Waals surface area contributed by atoms with Crippen molar-refractivity contribution in [2.75, 3.05) is 5.32 Å². The van der Waals surface area contributed by atoms with Crippen molar-refractivity contribution in [2.24, 2.45) is 7.05 Å². The lowest BCUT2D eigenvalue weighted by Gasteiger charge is -2.05. The molecular formula is C12H16N4. The van der Waals surface area contributed by atoms with Gasteiger partial charge in [-0.05, 0) is 26.0 Å². The van der Waals surface area contributed by atoms with E-state index in [-0.39, 0.29) is 0 Å². The molecule has 16 heavy (non-hydrogen) atoms. The number of anilines is 1. The highest BCUT2D eigenvalue weighted by molar-refractivity contribution is 5.52. The van der Waals surface area contributed by atoms with Crippen LogP contribution in [0.25, 0.3) is 0 Å². The Balaban J connectivity index is 2.11. The highest BCUT2D eigenvalue weighted by Crippen LogP contribution is 2.18. The quantitative estimate of drug-likeness (QED) is 0.853. The van der Waals surface area contributed by atoms with E-state index >= 15 is 0 Å². The summed E-state index contributed by atoms with van der Waals surface area (Å²) in [6.07, 6.45) is 1.81. The van der Waals surface area contributed by atoms with Crippen LogP contribution in [0.3, 0.4) is 0 Å². The summed E-state index contributed by atoms with van der Waals surface area (Å²) in [5, 5.41) is 7.73. The first-order valence-corrected chi connectivity index (χ1v) is 5.32. The van der Waals surface area contributed by atoms with Crippen LogP contribution in [0.1, 0.15) is 17.1 Å². The number of aryl methyl sites for hydroxylation is 2. The predicted octanol–water partition coefficient (Wildman–Crippen LogP) is 2.04. The fourth-order valence-electron chi connectivity index (χ4n) is 1.71. The number of aromatic nitrogens is 3. The first-order chi connectivity index (χ1) is 7.68.